The molecule has 0 fully saturated rings. The number of furan rings is 1. The quantitative estimate of drug-likeness (QED) is 0.621. The number of ether oxygens (including phenoxy) is 1. The Morgan fingerprint density at radius 2 is 1.88 bits per heavy atom. The van der Waals surface area contributed by atoms with E-state index in [0.29, 0.717) is 19.7 Å². The number of benzene rings is 1. The van der Waals surface area contributed by atoms with Gasteiger partial charge in [0.1, 0.15) is 5.75 Å². The summed E-state index contributed by atoms with van der Waals surface area (Å²) in [6, 6.07) is 9.85. The summed E-state index contributed by atoms with van der Waals surface area (Å²) in [4.78, 5) is 14.1. The van der Waals surface area contributed by atoms with E-state index in [1.807, 2.05) is 0 Å². The summed E-state index contributed by atoms with van der Waals surface area (Å²) in [6.07, 6.45) is 1.45. The van der Waals surface area contributed by atoms with Crippen molar-refractivity contribution in [3.63, 3.8) is 0 Å². The molecule has 0 aliphatic carbocycles. The van der Waals surface area contributed by atoms with Crippen LogP contribution in [0.15, 0.2) is 47.1 Å². The normalized spacial score (nSPS) is 11.5. The number of nitrogens with zero attached hydrogens (tertiary/aromatic N) is 1. The van der Waals surface area contributed by atoms with E-state index in [0.717, 1.165) is 5.56 Å². The fraction of sp³-hybridized carbons (Fsp3) is 0.389. The molecule has 1 heterocycles. The van der Waals surface area contributed by atoms with Gasteiger partial charge in [0, 0.05) is 20.2 Å². The minimum Gasteiger partial charge on any atom is -0.459 e. The highest BCUT2D eigenvalue weighted by Gasteiger charge is 2.20. The van der Waals surface area contributed by atoms with E-state index in [1.165, 1.54) is 6.26 Å². The van der Waals surface area contributed by atoms with E-state index in [4.69, 9.17) is 13.3 Å². The second kappa shape index (κ2) is 8.86. The van der Waals surface area contributed by atoms with Crippen LogP contribution < -0.4 is 4.18 Å². The van der Waals surface area contributed by atoms with Gasteiger partial charge in [0.25, 0.3) is 5.91 Å². The molecule has 0 saturated carbocycles. The van der Waals surface area contributed by atoms with E-state index in [9.17, 15) is 13.2 Å². The Hall–Kier alpha value is -2.32. The van der Waals surface area contributed by atoms with Crippen molar-refractivity contribution >= 4 is 16.0 Å². The van der Waals surface area contributed by atoms with Gasteiger partial charge in [0.15, 0.2) is 5.76 Å². The molecule has 0 bridgehead atoms. The lowest BCUT2D eigenvalue weighted by Gasteiger charge is -2.21. The van der Waals surface area contributed by atoms with Gasteiger partial charge in [-0.1, -0.05) is 12.1 Å². The van der Waals surface area contributed by atoms with Crippen LogP contribution in [0.3, 0.4) is 0 Å². The summed E-state index contributed by atoms with van der Waals surface area (Å²) in [5.74, 6) is 0.252. The maximum absolute atomic E-state index is 12.5. The number of rotatable bonds is 9. The Morgan fingerprint density at radius 3 is 2.42 bits per heavy atom. The molecule has 2 rings (SSSR count). The number of carbonyl (C=O) groups excluding carboxylic acids is 1. The maximum Gasteiger partial charge on any atom is 0.311 e. The van der Waals surface area contributed by atoms with Crippen LogP contribution in [0.25, 0.3) is 0 Å². The van der Waals surface area contributed by atoms with Crippen LogP contribution in [0.2, 0.25) is 0 Å². The van der Waals surface area contributed by atoms with Gasteiger partial charge in [-0.15, -0.1) is 0 Å². The highest BCUT2D eigenvalue weighted by molar-refractivity contribution is 7.87. The minimum absolute atomic E-state index is 0.239. The summed E-state index contributed by atoms with van der Waals surface area (Å²) in [6.45, 7) is 4.23. The van der Waals surface area contributed by atoms with Crippen LogP contribution in [0.4, 0.5) is 0 Å². The topological polar surface area (TPSA) is 86.0 Å². The molecule has 26 heavy (non-hydrogen) atoms. The van der Waals surface area contributed by atoms with Crippen molar-refractivity contribution in [2.24, 2.45) is 0 Å². The molecule has 0 aliphatic heterocycles. The average molecular weight is 381 g/mol. The lowest BCUT2D eigenvalue weighted by molar-refractivity contribution is 0.0649. The first-order chi connectivity index (χ1) is 12.3. The SMILES string of the molecule is COCCN(Cc1ccc(OS(=O)(=O)C(C)C)cc1)C(=O)c1ccco1. The van der Waals surface area contributed by atoms with E-state index in [-0.39, 0.29) is 17.4 Å². The smallest absolute Gasteiger partial charge is 0.311 e. The fourth-order valence-corrected chi connectivity index (χ4v) is 2.68. The predicted octanol–water partition coefficient (Wildman–Crippen LogP) is 2.69. The van der Waals surface area contributed by atoms with Gasteiger partial charge in [-0.05, 0) is 43.7 Å². The molecule has 2 aromatic rings. The van der Waals surface area contributed by atoms with Gasteiger partial charge >= 0.3 is 10.1 Å². The molecule has 1 aromatic carbocycles. The first kappa shape index (κ1) is 20.0. The molecule has 0 aliphatic rings. The van der Waals surface area contributed by atoms with Gasteiger partial charge < -0.3 is 18.2 Å². The largest absolute Gasteiger partial charge is 0.459 e. The third-order valence-electron chi connectivity index (χ3n) is 3.67. The number of hydrogen-bond donors (Lipinski definition) is 0. The van der Waals surface area contributed by atoms with Crippen LogP contribution in [-0.2, 0) is 21.4 Å². The van der Waals surface area contributed by atoms with Crippen molar-refractivity contribution in [2.75, 3.05) is 20.3 Å². The third-order valence-corrected chi connectivity index (χ3v) is 5.25. The second-order valence-electron chi connectivity index (χ2n) is 5.97. The monoisotopic (exact) mass is 381 g/mol. The van der Waals surface area contributed by atoms with Crippen molar-refractivity contribution in [2.45, 2.75) is 25.6 Å². The van der Waals surface area contributed by atoms with Gasteiger partial charge in [-0.25, -0.2) is 0 Å². The average Bonchev–Trinajstić information content (AvgIpc) is 3.13. The molecule has 8 heteroatoms. The minimum atomic E-state index is -3.64. The van der Waals surface area contributed by atoms with E-state index in [2.05, 4.69) is 0 Å². The molecule has 0 atom stereocenters. The molecule has 0 N–H and O–H groups in total. The van der Waals surface area contributed by atoms with Crippen LogP contribution >= 0.6 is 0 Å². The Balaban J connectivity index is 2.09. The van der Waals surface area contributed by atoms with Crippen molar-refractivity contribution in [3.05, 3.63) is 54.0 Å². The Morgan fingerprint density at radius 1 is 1.19 bits per heavy atom. The molecule has 1 amide bonds. The third kappa shape index (κ3) is 5.34. The second-order valence-corrected chi connectivity index (χ2v) is 8.06. The predicted molar refractivity (Wildman–Crippen MR) is 96.5 cm³/mol. The van der Waals surface area contributed by atoms with E-state index < -0.39 is 15.4 Å². The molecular weight excluding hydrogens is 358 g/mol. The number of amides is 1. The first-order valence-corrected chi connectivity index (χ1v) is 9.64. The van der Waals surface area contributed by atoms with Crippen LogP contribution in [0.1, 0.15) is 30.0 Å². The molecule has 7 nitrogen and oxygen atoms in total. The van der Waals surface area contributed by atoms with Crippen molar-refractivity contribution in [3.8, 4) is 5.75 Å². The van der Waals surface area contributed by atoms with Gasteiger partial charge in [0.2, 0.25) is 0 Å². The number of carbonyl (C=O) groups is 1. The Kier molecular flexibility index (Phi) is 6.82. The lowest BCUT2D eigenvalue weighted by Crippen LogP contribution is -2.33. The van der Waals surface area contributed by atoms with Crippen molar-refractivity contribution < 1.29 is 26.5 Å². The molecule has 0 radical (unpaired) electrons. The zero-order valence-electron chi connectivity index (χ0n) is 15.0. The summed E-state index contributed by atoms with van der Waals surface area (Å²) in [5.41, 5.74) is 0.829. The van der Waals surface area contributed by atoms with Crippen molar-refractivity contribution in [1.29, 1.82) is 0 Å². The zero-order valence-corrected chi connectivity index (χ0v) is 15.9. The molecule has 0 spiro atoms. The summed E-state index contributed by atoms with van der Waals surface area (Å²) in [7, 11) is -2.07. The first-order valence-electron chi connectivity index (χ1n) is 8.17. The highest BCUT2D eigenvalue weighted by atomic mass is 32.2. The Bertz CT molecular complexity index is 797. The van der Waals surface area contributed by atoms with Crippen LogP contribution in [-0.4, -0.2) is 44.7 Å². The molecular formula is C18H23NO6S. The number of hydrogen-bond acceptors (Lipinski definition) is 6. The molecule has 1 aromatic heterocycles. The maximum atomic E-state index is 12.5. The van der Waals surface area contributed by atoms with Gasteiger partial charge in [-0.2, -0.15) is 8.42 Å². The molecule has 0 unspecified atom stereocenters. The standard InChI is InChI=1S/C18H23NO6S/c1-14(2)26(21,22)25-16-8-6-15(7-9-16)13-19(10-12-23-3)18(20)17-5-4-11-24-17/h4-9,11,14H,10,12-13H2,1-3H3. The van der Waals surface area contributed by atoms with Gasteiger partial charge in [-0.3, -0.25) is 4.79 Å². The lowest BCUT2D eigenvalue weighted by atomic mass is 10.2. The Labute approximate surface area is 153 Å². The molecule has 0 saturated heterocycles. The highest BCUT2D eigenvalue weighted by Crippen LogP contribution is 2.18. The fourth-order valence-electron chi connectivity index (χ4n) is 2.11. The zero-order chi connectivity index (χ0) is 19.2. The van der Waals surface area contributed by atoms with E-state index >= 15 is 0 Å². The molecule has 142 valence electrons. The summed E-state index contributed by atoms with van der Waals surface area (Å²) in [5, 5.41) is -0.627. The van der Waals surface area contributed by atoms with Gasteiger partial charge in [0.05, 0.1) is 18.1 Å². The van der Waals surface area contributed by atoms with E-state index in [1.54, 1.807) is 62.3 Å². The van der Waals surface area contributed by atoms with Crippen LogP contribution in [0.5, 0.6) is 5.75 Å². The summed E-state index contributed by atoms with van der Waals surface area (Å²) < 4.78 is 38.9. The van der Waals surface area contributed by atoms with Crippen LogP contribution in [0, 0.1) is 0 Å². The van der Waals surface area contributed by atoms with Crippen molar-refractivity contribution in [1.82, 2.24) is 4.90 Å². The number of methoxy groups -OCH3 is 1. The summed E-state index contributed by atoms with van der Waals surface area (Å²) >= 11 is 0.